The van der Waals surface area contributed by atoms with Crippen LogP contribution in [0.25, 0.3) is 0 Å². The van der Waals surface area contributed by atoms with E-state index in [-0.39, 0.29) is 30.0 Å². The van der Waals surface area contributed by atoms with Crippen molar-refractivity contribution in [2.45, 2.75) is 19.5 Å². The van der Waals surface area contributed by atoms with Gasteiger partial charge in [-0.15, -0.1) is 24.0 Å². The molecule has 3 N–H and O–H groups in total. The molecule has 17 heavy (non-hydrogen) atoms. The van der Waals surface area contributed by atoms with Gasteiger partial charge in [0.05, 0.1) is 19.7 Å². The molecule has 0 saturated heterocycles. The molecule has 0 spiro atoms. The summed E-state index contributed by atoms with van der Waals surface area (Å²) < 4.78 is 6.80. The van der Waals surface area contributed by atoms with E-state index < -0.39 is 0 Å². The third-order valence-corrected chi connectivity index (χ3v) is 1.98. The largest absolute Gasteiger partial charge is 0.383 e. The zero-order valence-electron chi connectivity index (χ0n) is 10.2. The predicted molar refractivity (Wildman–Crippen MR) is 78.6 cm³/mol. The number of rotatable bonds is 6. The van der Waals surface area contributed by atoms with E-state index in [1.54, 1.807) is 13.3 Å². The van der Waals surface area contributed by atoms with Crippen LogP contribution in [0.4, 0.5) is 0 Å². The Morgan fingerprint density at radius 1 is 1.65 bits per heavy atom. The van der Waals surface area contributed by atoms with E-state index in [1.165, 1.54) is 0 Å². The molecule has 1 atom stereocenters. The molecule has 1 aromatic rings. The second kappa shape index (κ2) is 9.23. The van der Waals surface area contributed by atoms with Gasteiger partial charge in [0.2, 0.25) is 0 Å². The first-order chi connectivity index (χ1) is 7.72. The lowest BCUT2D eigenvalue weighted by Gasteiger charge is -2.12. The molecule has 0 radical (unpaired) electrons. The Labute approximate surface area is 119 Å². The van der Waals surface area contributed by atoms with Gasteiger partial charge in [0.15, 0.2) is 5.96 Å². The first-order valence-corrected chi connectivity index (χ1v) is 5.25. The normalized spacial score (nSPS) is 12.9. The molecule has 1 rings (SSSR count). The van der Waals surface area contributed by atoms with Crippen molar-refractivity contribution in [3.05, 3.63) is 18.5 Å². The van der Waals surface area contributed by atoms with Crippen LogP contribution in [0.15, 0.2) is 23.5 Å². The van der Waals surface area contributed by atoms with Gasteiger partial charge in [0.1, 0.15) is 0 Å². The van der Waals surface area contributed by atoms with Crippen LogP contribution in [0, 0.1) is 0 Å². The number of halogens is 1. The summed E-state index contributed by atoms with van der Waals surface area (Å²) in [5, 5.41) is 7.10. The first kappa shape index (κ1) is 16.2. The Balaban J connectivity index is 0.00000256. The average molecular weight is 353 g/mol. The molecule has 7 heteroatoms. The van der Waals surface area contributed by atoms with E-state index >= 15 is 0 Å². The van der Waals surface area contributed by atoms with Gasteiger partial charge in [-0.05, 0) is 13.0 Å². The molecule has 0 aliphatic rings. The Hall–Kier alpha value is -0.830. The average Bonchev–Trinajstić information content (AvgIpc) is 2.70. The lowest BCUT2D eigenvalue weighted by Crippen LogP contribution is -2.40. The fourth-order valence-electron chi connectivity index (χ4n) is 1.30. The van der Waals surface area contributed by atoms with Crippen LogP contribution in [0.2, 0.25) is 0 Å². The zero-order valence-corrected chi connectivity index (χ0v) is 12.5. The minimum absolute atomic E-state index is 0. The molecule has 0 fully saturated rings. The summed E-state index contributed by atoms with van der Waals surface area (Å²) in [6, 6.07) is 2.05. The van der Waals surface area contributed by atoms with Crippen LogP contribution < -0.4 is 11.1 Å². The van der Waals surface area contributed by atoms with E-state index in [4.69, 9.17) is 10.5 Å². The van der Waals surface area contributed by atoms with Gasteiger partial charge < -0.3 is 15.8 Å². The molecule has 0 aliphatic heterocycles. The number of nitrogens with zero attached hydrogens (tertiary/aromatic N) is 3. The number of guanidine groups is 1. The molecule has 1 unspecified atom stereocenters. The monoisotopic (exact) mass is 353 g/mol. The van der Waals surface area contributed by atoms with E-state index in [9.17, 15) is 0 Å². The summed E-state index contributed by atoms with van der Waals surface area (Å²) in [5.74, 6) is 0.441. The van der Waals surface area contributed by atoms with E-state index in [1.807, 2.05) is 23.9 Å². The molecule has 0 bridgehead atoms. The maximum Gasteiger partial charge on any atom is 0.188 e. The summed E-state index contributed by atoms with van der Waals surface area (Å²) in [7, 11) is 1.66. The molecule has 0 aliphatic carbocycles. The number of methoxy groups -OCH3 is 1. The van der Waals surface area contributed by atoms with E-state index in [0.717, 1.165) is 6.54 Å². The van der Waals surface area contributed by atoms with Crippen LogP contribution in [-0.2, 0) is 11.3 Å². The molecule has 1 aromatic heterocycles. The molecule has 6 nitrogen and oxygen atoms in total. The van der Waals surface area contributed by atoms with Crippen molar-refractivity contribution in [1.82, 2.24) is 15.1 Å². The second-order valence-electron chi connectivity index (χ2n) is 3.54. The second-order valence-corrected chi connectivity index (χ2v) is 3.54. The number of nitrogens with two attached hydrogens (primary N) is 1. The Morgan fingerprint density at radius 3 is 3.00 bits per heavy atom. The van der Waals surface area contributed by atoms with Crippen molar-refractivity contribution in [3.8, 4) is 0 Å². The number of aromatic nitrogens is 2. The van der Waals surface area contributed by atoms with E-state index in [0.29, 0.717) is 19.1 Å². The first-order valence-electron chi connectivity index (χ1n) is 5.25. The maximum absolute atomic E-state index is 5.70. The highest BCUT2D eigenvalue weighted by atomic mass is 127. The lowest BCUT2D eigenvalue weighted by molar-refractivity contribution is 0.179. The van der Waals surface area contributed by atoms with Gasteiger partial charge in [0, 0.05) is 25.5 Å². The van der Waals surface area contributed by atoms with Gasteiger partial charge >= 0.3 is 0 Å². The van der Waals surface area contributed by atoms with Crippen molar-refractivity contribution >= 4 is 29.9 Å². The minimum Gasteiger partial charge on any atom is -0.383 e. The molecule has 0 saturated carbocycles. The van der Waals surface area contributed by atoms with Gasteiger partial charge in [0.25, 0.3) is 0 Å². The number of hydrogen-bond acceptors (Lipinski definition) is 3. The Bertz CT molecular complexity index is 315. The molecular formula is C10H20IN5O. The summed E-state index contributed by atoms with van der Waals surface area (Å²) in [4.78, 5) is 4.19. The Kier molecular flexibility index (Phi) is 8.78. The van der Waals surface area contributed by atoms with Crippen molar-refractivity contribution in [3.63, 3.8) is 0 Å². The number of ether oxygens (including phenoxy) is 1. The summed E-state index contributed by atoms with van der Waals surface area (Å²) in [5.41, 5.74) is 5.70. The summed E-state index contributed by atoms with van der Waals surface area (Å²) >= 11 is 0. The van der Waals surface area contributed by atoms with Crippen LogP contribution in [0.5, 0.6) is 0 Å². The van der Waals surface area contributed by atoms with Gasteiger partial charge in [-0.2, -0.15) is 5.10 Å². The summed E-state index contributed by atoms with van der Waals surface area (Å²) in [6.07, 6.45) is 3.64. The van der Waals surface area contributed by atoms with Crippen LogP contribution in [0.3, 0.4) is 0 Å². The standard InChI is InChI=1S/C10H19N5O.HI/c1-9(8-16-2)14-10(11)12-5-7-15-6-3-4-13-15;/h3-4,6,9H,5,7-8H2,1-2H3,(H3,11,12,14);1H. The number of aliphatic imine (C=N–C) groups is 1. The van der Waals surface area contributed by atoms with Gasteiger partial charge in [-0.25, -0.2) is 0 Å². The van der Waals surface area contributed by atoms with Crippen molar-refractivity contribution < 1.29 is 4.74 Å². The summed E-state index contributed by atoms with van der Waals surface area (Å²) in [6.45, 7) is 3.93. The number of nitrogens with one attached hydrogen (secondary N) is 1. The number of hydrogen-bond donors (Lipinski definition) is 2. The highest BCUT2D eigenvalue weighted by Gasteiger charge is 2.00. The van der Waals surface area contributed by atoms with Gasteiger partial charge in [-0.3, -0.25) is 9.67 Å². The molecule has 0 aromatic carbocycles. The SMILES string of the molecule is COCC(C)NC(N)=NCCn1cccn1.I. The maximum atomic E-state index is 5.70. The Morgan fingerprint density at radius 2 is 2.41 bits per heavy atom. The van der Waals surface area contributed by atoms with Gasteiger partial charge in [-0.1, -0.05) is 0 Å². The van der Waals surface area contributed by atoms with E-state index in [2.05, 4.69) is 15.4 Å². The molecular weight excluding hydrogens is 333 g/mol. The predicted octanol–water partition coefficient (Wildman–Crippen LogP) is 0.440. The smallest absolute Gasteiger partial charge is 0.188 e. The third-order valence-electron chi connectivity index (χ3n) is 1.98. The van der Waals surface area contributed by atoms with Crippen molar-refractivity contribution in [2.24, 2.45) is 10.7 Å². The molecule has 98 valence electrons. The fraction of sp³-hybridized carbons (Fsp3) is 0.600. The third kappa shape index (κ3) is 7.16. The minimum atomic E-state index is 0. The van der Waals surface area contributed by atoms with Crippen molar-refractivity contribution in [2.75, 3.05) is 20.3 Å². The highest BCUT2D eigenvalue weighted by molar-refractivity contribution is 14.0. The fourth-order valence-corrected chi connectivity index (χ4v) is 1.30. The van der Waals surface area contributed by atoms with Crippen molar-refractivity contribution in [1.29, 1.82) is 0 Å². The zero-order chi connectivity index (χ0) is 11.8. The van der Waals surface area contributed by atoms with Crippen LogP contribution in [0.1, 0.15) is 6.92 Å². The highest BCUT2D eigenvalue weighted by Crippen LogP contribution is 1.85. The topological polar surface area (TPSA) is 77.5 Å². The lowest BCUT2D eigenvalue weighted by atomic mass is 10.4. The quantitative estimate of drug-likeness (QED) is 0.442. The van der Waals surface area contributed by atoms with Crippen LogP contribution in [-0.4, -0.2) is 42.0 Å². The molecule has 0 amide bonds. The molecule has 1 heterocycles. The van der Waals surface area contributed by atoms with Crippen LogP contribution >= 0.6 is 24.0 Å².